The molecule has 2 N–H and O–H groups in total. The largest absolute Gasteiger partial charge is 0.478 e. The summed E-state index contributed by atoms with van der Waals surface area (Å²) < 4.78 is 0. The minimum absolute atomic E-state index is 0.00442. The number of aromatic carboxylic acids is 2. The van der Waals surface area contributed by atoms with Crippen molar-refractivity contribution < 1.29 is 19.8 Å². The topological polar surface area (TPSA) is 126 Å². The van der Waals surface area contributed by atoms with E-state index in [1.807, 2.05) is 0 Å². The highest BCUT2D eigenvalue weighted by Crippen LogP contribution is 2.56. The fourth-order valence-electron chi connectivity index (χ4n) is 8.71. The molecule has 0 amide bonds. The molecule has 2 heterocycles. The Kier molecular flexibility index (Phi) is 8.12. The summed E-state index contributed by atoms with van der Waals surface area (Å²) >= 11 is 0. The van der Waals surface area contributed by atoms with Crippen LogP contribution in [0.1, 0.15) is 159 Å². The third-order valence-corrected chi connectivity index (χ3v) is 12.8. The molecular formula is C43H48N4O4. The standard InChI is InChI=1S/C43H48N4O4/c1-26(35-44-22-28(23-45-35)36(48)49)27-8-10-32-33(20-27)40(4,5)13-14-41(32,6)16-17-42(7)15-12-39(2,3)31-11-9-30(21-34(31)42)43(18-19-43)38-46-24-29(25-47-38)37(50)51/h8-11,20-25H,1,12-19H2,2-7H3,(H,48,49)(H,50,51). The van der Waals surface area contributed by atoms with Crippen molar-refractivity contribution in [1.29, 1.82) is 0 Å². The molecule has 0 spiro atoms. The van der Waals surface area contributed by atoms with Gasteiger partial charge in [0.1, 0.15) is 5.82 Å². The van der Waals surface area contributed by atoms with Gasteiger partial charge in [-0.3, -0.25) is 0 Å². The molecule has 0 saturated heterocycles. The van der Waals surface area contributed by atoms with E-state index in [9.17, 15) is 19.8 Å². The number of fused-ring (bicyclic) bond motifs is 2. The molecule has 3 aliphatic carbocycles. The van der Waals surface area contributed by atoms with Crippen molar-refractivity contribution in [3.63, 3.8) is 0 Å². The van der Waals surface area contributed by atoms with Crippen LogP contribution in [0.25, 0.3) is 5.57 Å². The molecule has 0 radical (unpaired) electrons. The molecule has 3 aliphatic rings. The van der Waals surface area contributed by atoms with Crippen molar-refractivity contribution in [1.82, 2.24) is 19.9 Å². The molecule has 2 aromatic heterocycles. The van der Waals surface area contributed by atoms with Crippen LogP contribution in [0, 0.1) is 0 Å². The lowest BCUT2D eigenvalue weighted by Crippen LogP contribution is -2.40. The van der Waals surface area contributed by atoms with Gasteiger partial charge in [0.25, 0.3) is 0 Å². The Balaban J connectivity index is 1.19. The minimum atomic E-state index is -1.05. The highest BCUT2D eigenvalue weighted by molar-refractivity contribution is 5.87. The lowest BCUT2D eigenvalue weighted by atomic mass is 9.56. The van der Waals surface area contributed by atoms with Gasteiger partial charge in [0.05, 0.1) is 16.5 Å². The van der Waals surface area contributed by atoms with Gasteiger partial charge in [-0.05, 0) is 106 Å². The average molecular weight is 685 g/mol. The first kappa shape index (κ1) is 34.7. The zero-order chi connectivity index (χ0) is 36.6. The molecule has 7 rings (SSSR count). The Morgan fingerprint density at radius 3 is 1.67 bits per heavy atom. The maximum absolute atomic E-state index is 11.5. The number of rotatable bonds is 9. The second-order valence-corrected chi connectivity index (χ2v) is 17.2. The van der Waals surface area contributed by atoms with Gasteiger partial charge in [-0.15, -0.1) is 0 Å². The molecule has 2 unspecified atom stereocenters. The minimum Gasteiger partial charge on any atom is -0.478 e. The van der Waals surface area contributed by atoms with Crippen molar-refractivity contribution in [3.05, 3.63) is 124 Å². The summed E-state index contributed by atoms with van der Waals surface area (Å²) in [4.78, 5) is 40.5. The van der Waals surface area contributed by atoms with E-state index in [4.69, 9.17) is 0 Å². The molecule has 1 fully saturated rings. The van der Waals surface area contributed by atoms with Gasteiger partial charge in [0.15, 0.2) is 5.82 Å². The highest BCUT2D eigenvalue weighted by atomic mass is 16.4. The Morgan fingerprint density at radius 1 is 0.608 bits per heavy atom. The van der Waals surface area contributed by atoms with Gasteiger partial charge in [-0.1, -0.05) is 84.5 Å². The summed E-state index contributed by atoms with van der Waals surface area (Å²) in [5, 5.41) is 18.7. The molecule has 1 saturated carbocycles. The third kappa shape index (κ3) is 5.96. The van der Waals surface area contributed by atoms with Crippen LogP contribution in [-0.2, 0) is 27.1 Å². The number of nitrogens with zero attached hydrogens (tertiary/aromatic N) is 4. The van der Waals surface area contributed by atoms with E-state index in [1.165, 1.54) is 52.6 Å². The van der Waals surface area contributed by atoms with Crippen molar-refractivity contribution in [2.45, 2.75) is 120 Å². The molecule has 51 heavy (non-hydrogen) atoms. The van der Waals surface area contributed by atoms with Gasteiger partial charge in [0.2, 0.25) is 0 Å². The predicted octanol–water partition coefficient (Wildman–Crippen LogP) is 8.94. The van der Waals surface area contributed by atoms with Crippen molar-refractivity contribution >= 4 is 17.5 Å². The Bertz CT molecular complexity index is 2060. The van der Waals surface area contributed by atoms with E-state index in [0.29, 0.717) is 17.2 Å². The molecule has 264 valence electrons. The lowest BCUT2D eigenvalue weighted by Gasteiger charge is -2.48. The van der Waals surface area contributed by atoms with E-state index in [0.717, 1.165) is 56.9 Å². The molecule has 2 atom stereocenters. The van der Waals surface area contributed by atoms with Crippen LogP contribution in [0.15, 0.2) is 67.8 Å². The van der Waals surface area contributed by atoms with Crippen molar-refractivity contribution in [2.24, 2.45) is 0 Å². The fraction of sp³-hybridized carbons (Fsp3) is 0.442. The number of benzene rings is 2. The quantitative estimate of drug-likeness (QED) is 0.179. The smallest absolute Gasteiger partial charge is 0.338 e. The first-order chi connectivity index (χ1) is 24.0. The Hall–Kier alpha value is -4.72. The van der Waals surface area contributed by atoms with Crippen LogP contribution in [0.2, 0.25) is 0 Å². The third-order valence-electron chi connectivity index (χ3n) is 12.8. The van der Waals surface area contributed by atoms with Gasteiger partial charge >= 0.3 is 11.9 Å². The zero-order valence-electron chi connectivity index (χ0n) is 30.6. The molecule has 4 aromatic rings. The van der Waals surface area contributed by atoms with Crippen LogP contribution in [0.5, 0.6) is 0 Å². The maximum Gasteiger partial charge on any atom is 0.338 e. The lowest BCUT2D eigenvalue weighted by molar-refractivity contribution is 0.0685. The second-order valence-electron chi connectivity index (χ2n) is 17.2. The first-order valence-electron chi connectivity index (χ1n) is 18.1. The van der Waals surface area contributed by atoms with Crippen molar-refractivity contribution in [3.8, 4) is 0 Å². The molecule has 2 aromatic carbocycles. The monoisotopic (exact) mass is 684 g/mol. The summed E-state index contributed by atoms with van der Waals surface area (Å²) in [5.74, 6) is -0.923. The summed E-state index contributed by atoms with van der Waals surface area (Å²) in [6, 6.07) is 13.7. The van der Waals surface area contributed by atoms with Crippen LogP contribution in [0.3, 0.4) is 0 Å². The number of carbonyl (C=O) groups is 2. The Morgan fingerprint density at radius 2 is 1.12 bits per heavy atom. The normalized spacial score (nSPS) is 23.8. The summed E-state index contributed by atoms with van der Waals surface area (Å²) in [7, 11) is 0. The molecule has 0 bridgehead atoms. The van der Waals surface area contributed by atoms with Gasteiger partial charge in [-0.2, -0.15) is 0 Å². The molecular weight excluding hydrogens is 636 g/mol. The molecule has 0 aliphatic heterocycles. The maximum atomic E-state index is 11.5. The zero-order valence-corrected chi connectivity index (χ0v) is 30.6. The van der Waals surface area contributed by atoms with E-state index in [1.54, 1.807) is 0 Å². The summed E-state index contributed by atoms with van der Waals surface area (Å²) in [6.07, 6.45) is 14.0. The van der Waals surface area contributed by atoms with Crippen LogP contribution in [0.4, 0.5) is 0 Å². The van der Waals surface area contributed by atoms with E-state index < -0.39 is 11.9 Å². The van der Waals surface area contributed by atoms with Crippen LogP contribution in [-0.4, -0.2) is 42.1 Å². The second kappa shape index (κ2) is 11.9. The highest BCUT2D eigenvalue weighted by Gasteiger charge is 2.50. The van der Waals surface area contributed by atoms with E-state index in [2.05, 4.69) is 104 Å². The Labute approximate surface area is 300 Å². The van der Waals surface area contributed by atoms with Crippen LogP contribution >= 0.6 is 0 Å². The van der Waals surface area contributed by atoms with E-state index >= 15 is 0 Å². The van der Waals surface area contributed by atoms with Crippen molar-refractivity contribution in [2.75, 3.05) is 0 Å². The first-order valence-corrected chi connectivity index (χ1v) is 18.1. The average Bonchev–Trinajstić information content (AvgIpc) is 3.93. The van der Waals surface area contributed by atoms with Gasteiger partial charge in [-0.25, -0.2) is 29.5 Å². The summed E-state index contributed by atoms with van der Waals surface area (Å²) in [6.45, 7) is 18.6. The van der Waals surface area contributed by atoms with E-state index in [-0.39, 0.29) is 38.2 Å². The van der Waals surface area contributed by atoms with Gasteiger partial charge < -0.3 is 10.2 Å². The van der Waals surface area contributed by atoms with Gasteiger partial charge in [0, 0.05) is 30.4 Å². The number of carboxylic acid groups (broad SMARTS) is 2. The number of aromatic nitrogens is 4. The number of hydrogen-bond donors (Lipinski definition) is 2. The fourth-order valence-corrected chi connectivity index (χ4v) is 8.71. The number of hydrogen-bond acceptors (Lipinski definition) is 6. The molecule has 8 nitrogen and oxygen atoms in total. The molecule has 8 heteroatoms. The van der Waals surface area contributed by atoms with Crippen LogP contribution < -0.4 is 0 Å². The number of carboxylic acids is 2. The SMILES string of the molecule is C=C(c1ccc2c(c1)C(C)(C)CCC2(C)CCC1(C)CCC(C)(C)c2ccc(C3(c4ncc(C(=O)O)cn4)CC3)cc21)c1ncc(C(=O)O)cn1. The predicted molar refractivity (Wildman–Crippen MR) is 197 cm³/mol. The summed E-state index contributed by atoms with van der Waals surface area (Å²) in [5.41, 5.74) is 8.40.